The van der Waals surface area contributed by atoms with E-state index >= 15 is 0 Å². The number of rotatable bonds is 6. The predicted octanol–water partition coefficient (Wildman–Crippen LogP) is 3.32. The predicted molar refractivity (Wildman–Crippen MR) is 61.4 cm³/mol. The van der Waals surface area contributed by atoms with Gasteiger partial charge in [0, 0.05) is 13.0 Å². The lowest BCUT2D eigenvalue weighted by Crippen LogP contribution is -2.09. The van der Waals surface area contributed by atoms with Gasteiger partial charge >= 0.3 is 0 Å². The highest BCUT2D eigenvalue weighted by Gasteiger charge is 2.15. The monoisotopic (exact) mass is 228 g/mol. The molecule has 0 radical (unpaired) electrons. The fraction of sp³-hybridized carbons (Fsp3) is 0.636. The number of nitrogens with zero attached hydrogens (tertiary/aromatic N) is 2. The van der Waals surface area contributed by atoms with Crippen molar-refractivity contribution in [3.63, 3.8) is 0 Å². The van der Waals surface area contributed by atoms with Crippen LogP contribution in [0.25, 0.3) is 0 Å². The smallest absolute Gasteiger partial charge is 0.182 e. The molecule has 0 spiro atoms. The number of unbranched alkanes of at least 4 members (excludes halogenated alkanes) is 2. The van der Waals surface area contributed by atoms with Crippen LogP contribution >= 0.6 is 11.6 Å². The normalized spacial score (nSPS) is 10.6. The molecule has 0 bridgehead atoms. The lowest BCUT2D eigenvalue weighted by Gasteiger charge is -2.04. The first-order valence-corrected chi connectivity index (χ1v) is 5.83. The zero-order valence-electron chi connectivity index (χ0n) is 9.29. The molecule has 0 aromatic carbocycles. The number of carbonyl (C=O) groups is 1. The molecule has 1 aromatic heterocycles. The third-order valence-electron chi connectivity index (χ3n) is 2.37. The molecule has 1 heterocycles. The second-order valence-corrected chi connectivity index (χ2v) is 3.94. The lowest BCUT2D eigenvalue weighted by atomic mass is 10.1. The number of aryl methyl sites for hydroxylation is 1. The van der Waals surface area contributed by atoms with E-state index in [1.807, 2.05) is 6.92 Å². The first kappa shape index (κ1) is 12.2. The molecule has 0 N–H and O–H groups in total. The van der Waals surface area contributed by atoms with Crippen molar-refractivity contribution in [1.82, 2.24) is 9.78 Å². The number of hydrogen-bond acceptors (Lipinski definition) is 2. The van der Waals surface area contributed by atoms with Crippen LogP contribution in [0.2, 0.25) is 5.02 Å². The van der Waals surface area contributed by atoms with Gasteiger partial charge in [0.2, 0.25) is 0 Å². The molecule has 0 saturated carbocycles. The molecular formula is C11H17ClN2O. The maximum atomic E-state index is 11.8. The Kier molecular flexibility index (Phi) is 4.82. The summed E-state index contributed by atoms with van der Waals surface area (Å²) < 4.78 is 1.66. The van der Waals surface area contributed by atoms with E-state index in [1.165, 1.54) is 6.20 Å². The zero-order valence-corrected chi connectivity index (χ0v) is 10.0. The largest absolute Gasteiger partial charge is 0.292 e. The SMILES string of the molecule is CCCCCC(=O)c1c(Cl)cnn1CC. The Hall–Kier alpha value is -0.830. The molecule has 0 saturated heterocycles. The number of ketones is 1. The summed E-state index contributed by atoms with van der Waals surface area (Å²) in [5.41, 5.74) is 0.565. The number of Topliss-reactive ketones (excluding diaryl/α,β-unsaturated/α-hetero) is 1. The highest BCUT2D eigenvalue weighted by Crippen LogP contribution is 2.18. The first-order valence-electron chi connectivity index (χ1n) is 5.45. The van der Waals surface area contributed by atoms with E-state index in [9.17, 15) is 4.79 Å². The Balaban J connectivity index is 2.67. The van der Waals surface area contributed by atoms with Crippen LogP contribution in [0.5, 0.6) is 0 Å². The highest BCUT2D eigenvalue weighted by atomic mass is 35.5. The lowest BCUT2D eigenvalue weighted by molar-refractivity contribution is 0.0969. The number of carbonyl (C=O) groups excluding carboxylic acids is 1. The molecule has 0 aliphatic rings. The van der Waals surface area contributed by atoms with Gasteiger partial charge < -0.3 is 0 Å². The molecule has 0 atom stereocenters. The minimum Gasteiger partial charge on any atom is -0.292 e. The number of hydrogen-bond donors (Lipinski definition) is 0. The van der Waals surface area contributed by atoms with Crippen LogP contribution in [0.4, 0.5) is 0 Å². The highest BCUT2D eigenvalue weighted by molar-refractivity contribution is 6.33. The van der Waals surface area contributed by atoms with Gasteiger partial charge in [-0.05, 0) is 13.3 Å². The van der Waals surface area contributed by atoms with E-state index < -0.39 is 0 Å². The Morgan fingerprint density at radius 3 is 2.80 bits per heavy atom. The molecule has 3 nitrogen and oxygen atoms in total. The van der Waals surface area contributed by atoms with Crippen molar-refractivity contribution in [3.05, 3.63) is 16.9 Å². The molecular weight excluding hydrogens is 212 g/mol. The summed E-state index contributed by atoms with van der Waals surface area (Å²) in [4.78, 5) is 11.8. The van der Waals surface area contributed by atoms with Crippen molar-refractivity contribution in [2.75, 3.05) is 0 Å². The van der Waals surface area contributed by atoms with Gasteiger partial charge in [-0.1, -0.05) is 31.4 Å². The fourth-order valence-corrected chi connectivity index (χ4v) is 1.78. The van der Waals surface area contributed by atoms with E-state index in [1.54, 1.807) is 4.68 Å². The van der Waals surface area contributed by atoms with Crippen LogP contribution in [0.15, 0.2) is 6.20 Å². The summed E-state index contributed by atoms with van der Waals surface area (Å²) in [6, 6.07) is 0. The zero-order chi connectivity index (χ0) is 11.3. The van der Waals surface area contributed by atoms with Gasteiger partial charge in [-0.15, -0.1) is 0 Å². The van der Waals surface area contributed by atoms with Crippen molar-refractivity contribution in [2.24, 2.45) is 0 Å². The number of aromatic nitrogens is 2. The van der Waals surface area contributed by atoms with Crippen molar-refractivity contribution in [2.45, 2.75) is 46.1 Å². The Labute approximate surface area is 95.4 Å². The fourth-order valence-electron chi connectivity index (χ4n) is 1.53. The van der Waals surface area contributed by atoms with Gasteiger partial charge in [0.1, 0.15) is 5.69 Å². The number of halogens is 1. The van der Waals surface area contributed by atoms with Crippen LogP contribution < -0.4 is 0 Å². The summed E-state index contributed by atoms with van der Waals surface area (Å²) in [5.74, 6) is 0.104. The molecule has 4 heteroatoms. The molecule has 0 amide bonds. The second kappa shape index (κ2) is 5.91. The average Bonchev–Trinajstić information content (AvgIpc) is 2.59. The van der Waals surface area contributed by atoms with Crippen molar-refractivity contribution in [3.8, 4) is 0 Å². The Bertz CT molecular complexity index is 333. The molecule has 0 unspecified atom stereocenters. The molecule has 15 heavy (non-hydrogen) atoms. The van der Waals surface area contributed by atoms with Crippen LogP contribution in [0.3, 0.4) is 0 Å². The van der Waals surface area contributed by atoms with Gasteiger partial charge in [-0.3, -0.25) is 9.48 Å². The van der Waals surface area contributed by atoms with Crippen molar-refractivity contribution >= 4 is 17.4 Å². The Morgan fingerprint density at radius 1 is 1.47 bits per heavy atom. The average molecular weight is 229 g/mol. The van der Waals surface area contributed by atoms with Gasteiger partial charge in [0.15, 0.2) is 5.78 Å². The summed E-state index contributed by atoms with van der Waals surface area (Å²) >= 11 is 5.93. The third kappa shape index (κ3) is 3.06. The molecule has 0 aliphatic carbocycles. The van der Waals surface area contributed by atoms with Crippen LogP contribution in [0.1, 0.15) is 50.0 Å². The van der Waals surface area contributed by atoms with Gasteiger partial charge in [-0.2, -0.15) is 5.10 Å². The van der Waals surface area contributed by atoms with Crippen molar-refractivity contribution < 1.29 is 4.79 Å². The van der Waals surface area contributed by atoms with Gasteiger partial charge in [-0.25, -0.2) is 0 Å². The molecule has 1 rings (SSSR count). The van der Waals surface area contributed by atoms with Crippen LogP contribution in [0, 0.1) is 0 Å². The van der Waals surface area contributed by atoms with Gasteiger partial charge in [0.25, 0.3) is 0 Å². The maximum absolute atomic E-state index is 11.8. The van der Waals surface area contributed by atoms with Crippen molar-refractivity contribution in [1.29, 1.82) is 0 Å². The maximum Gasteiger partial charge on any atom is 0.182 e. The summed E-state index contributed by atoms with van der Waals surface area (Å²) in [6.07, 6.45) is 5.25. The first-order chi connectivity index (χ1) is 7.20. The quantitative estimate of drug-likeness (QED) is 0.553. The molecule has 84 valence electrons. The van der Waals surface area contributed by atoms with Crippen LogP contribution in [-0.2, 0) is 6.54 Å². The third-order valence-corrected chi connectivity index (χ3v) is 2.64. The van der Waals surface area contributed by atoms with E-state index in [0.29, 0.717) is 23.7 Å². The second-order valence-electron chi connectivity index (χ2n) is 3.54. The Morgan fingerprint density at radius 2 is 2.20 bits per heavy atom. The van der Waals surface area contributed by atoms with E-state index in [0.717, 1.165) is 19.3 Å². The molecule has 0 aliphatic heterocycles. The minimum atomic E-state index is 0.104. The minimum absolute atomic E-state index is 0.104. The molecule has 1 aromatic rings. The summed E-state index contributed by atoms with van der Waals surface area (Å²) in [6.45, 7) is 4.75. The van der Waals surface area contributed by atoms with Gasteiger partial charge in [0.05, 0.1) is 11.2 Å². The topological polar surface area (TPSA) is 34.9 Å². The standard InChI is InChI=1S/C11H17ClN2O/c1-3-5-6-7-10(15)11-9(12)8-13-14(11)4-2/h8H,3-7H2,1-2H3. The summed E-state index contributed by atoms with van der Waals surface area (Å²) in [5, 5.41) is 4.52. The summed E-state index contributed by atoms with van der Waals surface area (Å²) in [7, 11) is 0. The van der Waals surface area contributed by atoms with Crippen LogP contribution in [-0.4, -0.2) is 15.6 Å². The van der Waals surface area contributed by atoms with E-state index in [4.69, 9.17) is 11.6 Å². The molecule has 0 fully saturated rings. The van der Waals surface area contributed by atoms with E-state index in [2.05, 4.69) is 12.0 Å². The van der Waals surface area contributed by atoms with E-state index in [-0.39, 0.29) is 5.78 Å².